The van der Waals surface area contributed by atoms with E-state index in [9.17, 15) is 18.8 Å². The number of nitrogens with zero attached hydrogens (tertiary/aromatic N) is 3. The van der Waals surface area contributed by atoms with Crippen LogP contribution in [-0.4, -0.2) is 82.5 Å². The zero-order valence-corrected chi connectivity index (χ0v) is 30.5. The summed E-state index contributed by atoms with van der Waals surface area (Å²) in [6.07, 6.45) is 2.39. The molecule has 3 heterocycles. The van der Waals surface area contributed by atoms with Crippen LogP contribution in [0.5, 0.6) is 0 Å². The van der Waals surface area contributed by atoms with Crippen molar-refractivity contribution >= 4 is 24.0 Å². The lowest BCUT2D eigenvalue weighted by molar-refractivity contribution is 0.0141. The minimum absolute atomic E-state index is 0.0240. The van der Waals surface area contributed by atoms with Gasteiger partial charge >= 0.3 is 18.3 Å². The van der Waals surface area contributed by atoms with Gasteiger partial charge in [-0.05, 0) is 81.0 Å². The molecule has 0 radical (unpaired) electrons. The fourth-order valence-electron chi connectivity index (χ4n) is 7.09. The summed E-state index contributed by atoms with van der Waals surface area (Å²) >= 11 is 0. The van der Waals surface area contributed by atoms with Crippen molar-refractivity contribution in [3.8, 4) is 11.3 Å². The summed E-state index contributed by atoms with van der Waals surface area (Å²) in [7, 11) is 1.30. The Labute approximate surface area is 309 Å². The zero-order chi connectivity index (χ0) is 37.5. The van der Waals surface area contributed by atoms with E-state index < -0.39 is 29.9 Å². The summed E-state index contributed by atoms with van der Waals surface area (Å²) in [5, 5.41) is 5.66. The molecule has 0 aliphatic carbocycles. The van der Waals surface area contributed by atoms with Crippen molar-refractivity contribution in [1.29, 1.82) is 0 Å². The highest BCUT2D eigenvalue weighted by molar-refractivity contribution is 5.84. The maximum absolute atomic E-state index is 14.3. The summed E-state index contributed by atoms with van der Waals surface area (Å²) in [6.45, 7) is 7.43. The van der Waals surface area contributed by atoms with Crippen LogP contribution in [0.4, 0.5) is 24.5 Å². The Morgan fingerprint density at radius 1 is 0.943 bits per heavy atom. The number of H-pyrrole nitrogens is 1. The normalized spacial score (nSPS) is 19.6. The number of halogens is 1. The fraction of sp³-hybridized carbons (Fsp3) is 0.400. The van der Waals surface area contributed by atoms with Gasteiger partial charge in [0.2, 0.25) is 0 Å². The largest absolute Gasteiger partial charge is 0.453 e. The van der Waals surface area contributed by atoms with Crippen molar-refractivity contribution in [2.75, 3.05) is 32.1 Å². The molecule has 3 amide bonds. The summed E-state index contributed by atoms with van der Waals surface area (Å²) in [4.78, 5) is 50.8. The highest BCUT2D eigenvalue weighted by Crippen LogP contribution is 2.44. The molecule has 0 bridgehead atoms. The van der Waals surface area contributed by atoms with Crippen molar-refractivity contribution in [2.45, 2.75) is 76.3 Å². The topological polar surface area (TPSA) is 138 Å². The van der Waals surface area contributed by atoms with Crippen molar-refractivity contribution in [2.24, 2.45) is 0 Å². The minimum Gasteiger partial charge on any atom is -0.453 e. The van der Waals surface area contributed by atoms with Gasteiger partial charge < -0.3 is 24.5 Å². The van der Waals surface area contributed by atoms with E-state index in [1.54, 1.807) is 35.4 Å². The molecule has 0 saturated carbocycles. The molecule has 12 nitrogen and oxygen atoms in total. The average Bonchev–Trinajstić information content (AvgIpc) is 3.64. The Morgan fingerprint density at radius 2 is 1.64 bits per heavy atom. The smallest absolute Gasteiger partial charge is 0.411 e. The molecule has 0 spiro atoms. The highest BCUT2D eigenvalue weighted by atomic mass is 19.1. The van der Waals surface area contributed by atoms with Crippen LogP contribution in [-0.2, 0) is 20.8 Å². The second-order valence-electron chi connectivity index (χ2n) is 14.5. The lowest BCUT2D eigenvalue weighted by Gasteiger charge is -2.48. The number of benzene rings is 3. The SMILES string of the molecule is COC(=O)Nc1ccc(-c2cnc(C3C(c4ccc(F)cc4)CC(N4CCC(NC(=O)OC(C)(C)C)CC4)CN3C(=O)OCc3ccccc3)[nH]2)cc1. The van der Waals surface area contributed by atoms with Gasteiger partial charge in [0.05, 0.1) is 19.0 Å². The number of piperidine rings is 2. The molecule has 2 fully saturated rings. The highest BCUT2D eigenvalue weighted by Gasteiger charge is 2.45. The fourth-order valence-corrected chi connectivity index (χ4v) is 7.09. The Balaban J connectivity index is 1.28. The third kappa shape index (κ3) is 9.72. The Kier molecular flexibility index (Phi) is 11.6. The maximum Gasteiger partial charge on any atom is 0.411 e. The number of alkyl carbamates (subject to hydrolysis) is 1. The van der Waals surface area contributed by atoms with Gasteiger partial charge in [0.1, 0.15) is 29.9 Å². The number of aromatic nitrogens is 2. The van der Waals surface area contributed by atoms with E-state index in [-0.39, 0.29) is 30.4 Å². The van der Waals surface area contributed by atoms with Gasteiger partial charge in [-0.25, -0.2) is 23.8 Å². The van der Waals surface area contributed by atoms with Gasteiger partial charge in [0.15, 0.2) is 0 Å². The van der Waals surface area contributed by atoms with Crippen LogP contribution >= 0.6 is 0 Å². The van der Waals surface area contributed by atoms with Crippen molar-refractivity contribution in [1.82, 2.24) is 25.1 Å². The molecular formula is C40H47FN6O6. The quantitative estimate of drug-likeness (QED) is 0.158. The molecule has 3 aromatic carbocycles. The second kappa shape index (κ2) is 16.5. The first kappa shape index (κ1) is 37.3. The number of hydrogen-bond acceptors (Lipinski definition) is 8. The monoisotopic (exact) mass is 726 g/mol. The summed E-state index contributed by atoms with van der Waals surface area (Å²) in [5.74, 6) is -0.0369. The molecule has 2 aliphatic rings. The first-order valence-electron chi connectivity index (χ1n) is 17.9. The molecule has 4 aromatic rings. The van der Waals surface area contributed by atoms with Gasteiger partial charge in [-0.2, -0.15) is 0 Å². The molecule has 6 rings (SSSR count). The Morgan fingerprint density at radius 3 is 2.30 bits per heavy atom. The van der Waals surface area contributed by atoms with Crippen molar-refractivity contribution in [3.63, 3.8) is 0 Å². The molecule has 3 unspecified atom stereocenters. The lowest BCUT2D eigenvalue weighted by atomic mass is 9.80. The zero-order valence-electron chi connectivity index (χ0n) is 30.5. The number of methoxy groups -OCH3 is 1. The predicted molar refractivity (Wildman–Crippen MR) is 198 cm³/mol. The van der Waals surface area contributed by atoms with Crippen molar-refractivity contribution in [3.05, 3.63) is 108 Å². The first-order chi connectivity index (χ1) is 25.5. The number of anilines is 1. The van der Waals surface area contributed by atoms with E-state index >= 15 is 0 Å². The van der Waals surface area contributed by atoms with Crippen LogP contribution in [0.2, 0.25) is 0 Å². The average molecular weight is 727 g/mol. The van der Waals surface area contributed by atoms with Crippen LogP contribution in [0.3, 0.4) is 0 Å². The van der Waals surface area contributed by atoms with E-state index in [1.165, 1.54) is 19.2 Å². The number of carbonyl (C=O) groups is 3. The number of amides is 3. The number of imidazole rings is 1. The van der Waals surface area contributed by atoms with E-state index in [2.05, 4.69) is 20.5 Å². The molecule has 53 heavy (non-hydrogen) atoms. The number of carbonyl (C=O) groups excluding carboxylic acids is 3. The standard InChI is InChI=1S/C40H47FN6O6/c1-40(2,3)53-38(49)44-31-18-20-46(21-19-31)32-22-33(27-10-14-29(41)15-11-27)35(47(24-32)39(50)52-25-26-8-6-5-7-9-26)36-42-23-34(45-36)28-12-16-30(17-13-28)43-37(48)51-4/h5-17,23,31-33,35H,18-22,24-25H2,1-4H3,(H,42,45)(H,43,48)(H,44,49). The second-order valence-corrected chi connectivity index (χ2v) is 14.5. The Hall–Kier alpha value is -5.43. The molecule has 280 valence electrons. The summed E-state index contributed by atoms with van der Waals surface area (Å²) in [5.41, 5.74) is 3.28. The predicted octanol–water partition coefficient (Wildman–Crippen LogP) is 7.62. The van der Waals surface area contributed by atoms with E-state index in [0.717, 1.165) is 35.2 Å². The lowest BCUT2D eigenvalue weighted by Crippen LogP contribution is -2.56. The Bertz CT molecular complexity index is 1840. The van der Waals surface area contributed by atoms with Gasteiger partial charge in [0.25, 0.3) is 0 Å². The number of nitrogens with one attached hydrogen (secondary N) is 3. The van der Waals surface area contributed by atoms with Gasteiger partial charge in [-0.15, -0.1) is 0 Å². The number of ether oxygens (including phenoxy) is 3. The molecule has 2 aliphatic heterocycles. The molecule has 13 heteroatoms. The number of aromatic amines is 1. The molecule has 3 atom stereocenters. The van der Waals surface area contributed by atoms with E-state index in [4.69, 9.17) is 19.2 Å². The van der Waals surface area contributed by atoms with E-state index in [1.807, 2.05) is 63.2 Å². The molecule has 1 aromatic heterocycles. The summed E-state index contributed by atoms with van der Waals surface area (Å²) < 4.78 is 30.4. The number of rotatable bonds is 8. The summed E-state index contributed by atoms with van der Waals surface area (Å²) in [6, 6.07) is 22.6. The van der Waals surface area contributed by atoms with Crippen LogP contribution in [0.15, 0.2) is 85.1 Å². The van der Waals surface area contributed by atoms with Gasteiger partial charge in [-0.3, -0.25) is 15.1 Å². The number of likely N-dealkylation sites (tertiary alicyclic amines) is 2. The number of hydrogen-bond donors (Lipinski definition) is 3. The van der Waals surface area contributed by atoms with Crippen LogP contribution < -0.4 is 10.6 Å². The third-order valence-electron chi connectivity index (χ3n) is 9.66. The van der Waals surface area contributed by atoms with Gasteiger partial charge in [-0.1, -0.05) is 54.6 Å². The van der Waals surface area contributed by atoms with Crippen LogP contribution in [0.1, 0.15) is 68.9 Å². The third-order valence-corrected chi connectivity index (χ3v) is 9.66. The molecular weight excluding hydrogens is 679 g/mol. The first-order valence-corrected chi connectivity index (χ1v) is 17.9. The van der Waals surface area contributed by atoms with E-state index in [0.29, 0.717) is 37.6 Å². The minimum atomic E-state index is -0.583. The maximum atomic E-state index is 14.3. The molecule has 3 N–H and O–H groups in total. The van der Waals surface area contributed by atoms with Crippen molar-refractivity contribution < 1.29 is 33.0 Å². The van der Waals surface area contributed by atoms with Crippen LogP contribution in [0, 0.1) is 5.82 Å². The van der Waals surface area contributed by atoms with Crippen LogP contribution in [0.25, 0.3) is 11.3 Å². The van der Waals surface area contributed by atoms with Gasteiger partial charge in [0, 0.05) is 43.3 Å². The molecule has 2 saturated heterocycles.